The third-order valence-corrected chi connectivity index (χ3v) is 4.36. The summed E-state index contributed by atoms with van der Waals surface area (Å²) in [5.41, 5.74) is 2.20. The number of carbonyl (C=O) groups excluding carboxylic acids is 1. The maximum atomic E-state index is 12.2. The second-order valence-corrected chi connectivity index (χ2v) is 5.86. The van der Waals surface area contributed by atoms with Gasteiger partial charge >= 0.3 is 0 Å². The van der Waals surface area contributed by atoms with Gasteiger partial charge in [0.05, 0.1) is 17.8 Å². The molecule has 3 nitrogen and oxygen atoms in total. The van der Waals surface area contributed by atoms with Gasteiger partial charge in [-0.05, 0) is 65.4 Å². The Morgan fingerprint density at radius 3 is 2.65 bits per heavy atom. The molecule has 5 heteroatoms. The van der Waals surface area contributed by atoms with Crippen LogP contribution in [0.25, 0.3) is 0 Å². The molecular formula is C15H13ClINO2. The molecule has 2 aromatic rings. The molecule has 0 radical (unpaired) electrons. The summed E-state index contributed by atoms with van der Waals surface area (Å²) in [5, 5.41) is 3.40. The molecule has 0 unspecified atom stereocenters. The summed E-state index contributed by atoms with van der Waals surface area (Å²) in [6, 6.07) is 10.8. The zero-order chi connectivity index (χ0) is 14.7. The normalized spacial score (nSPS) is 10.2. The number of amides is 1. The number of methoxy groups -OCH3 is 1. The molecular weight excluding hydrogens is 389 g/mol. The summed E-state index contributed by atoms with van der Waals surface area (Å²) in [6.45, 7) is 1.96. The van der Waals surface area contributed by atoms with Gasteiger partial charge in [-0.1, -0.05) is 17.7 Å². The van der Waals surface area contributed by atoms with Crippen LogP contribution in [-0.4, -0.2) is 13.0 Å². The highest BCUT2D eigenvalue weighted by atomic mass is 127. The smallest absolute Gasteiger partial charge is 0.255 e. The van der Waals surface area contributed by atoms with Crippen LogP contribution in [0.3, 0.4) is 0 Å². The van der Waals surface area contributed by atoms with Crippen LogP contribution >= 0.6 is 34.2 Å². The van der Waals surface area contributed by atoms with Crippen LogP contribution in [0, 0.1) is 10.5 Å². The first-order chi connectivity index (χ1) is 9.51. The highest BCUT2D eigenvalue weighted by Crippen LogP contribution is 2.26. The SMILES string of the molecule is COc1ccc(C)cc1NC(=O)c1ccc(I)c(Cl)c1. The number of hydrogen-bond acceptors (Lipinski definition) is 2. The van der Waals surface area contributed by atoms with Gasteiger partial charge in [0.1, 0.15) is 5.75 Å². The molecule has 0 aromatic heterocycles. The average molecular weight is 402 g/mol. The van der Waals surface area contributed by atoms with Crippen molar-refractivity contribution in [3.05, 3.63) is 56.1 Å². The average Bonchev–Trinajstić information content (AvgIpc) is 2.42. The van der Waals surface area contributed by atoms with E-state index < -0.39 is 0 Å². The lowest BCUT2D eigenvalue weighted by Crippen LogP contribution is -2.12. The Morgan fingerprint density at radius 2 is 2.00 bits per heavy atom. The first kappa shape index (κ1) is 15.1. The van der Waals surface area contributed by atoms with Crippen LogP contribution in [0.2, 0.25) is 5.02 Å². The number of carbonyl (C=O) groups is 1. The van der Waals surface area contributed by atoms with Crippen molar-refractivity contribution in [2.45, 2.75) is 6.92 Å². The van der Waals surface area contributed by atoms with E-state index in [4.69, 9.17) is 16.3 Å². The largest absolute Gasteiger partial charge is 0.495 e. The number of rotatable bonds is 3. The van der Waals surface area contributed by atoms with Crippen LogP contribution in [0.1, 0.15) is 15.9 Å². The van der Waals surface area contributed by atoms with E-state index in [1.165, 1.54) is 0 Å². The minimum atomic E-state index is -0.216. The van der Waals surface area contributed by atoms with Crippen molar-refractivity contribution in [1.82, 2.24) is 0 Å². The number of benzene rings is 2. The van der Waals surface area contributed by atoms with Gasteiger partial charge in [-0.2, -0.15) is 0 Å². The molecule has 104 valence electrons. The van der Waals surface area contributed by atoms with Gasteiger partial charge < -0.3 is 10.1 Å². The molecule has 1 amide bonds. The van der Waals surface area contributed by atoms with E-state index in [1.54, 1.807) is 19.2 Å². The summed E-state index contributed by atoms with van der Waals surface area (Å²) in [7, 11) is 1.57. The summed E-state index contributed by atoms with van der Waals surface area (Å²) in [6.07, 6.45) is 0. The third-order valence-electron chi connectivity index (χ3n) is 2.78. The van der Waals surface area contributed by atoms with Gasteiger partial charge in [-0.25, -0.2) is 0 Å². The Balaban J connectivity index is 2.27. The fourth-order valence-corrected chi connectivity index (χ4v) is 2.27. The summed E-state index contributed by atoms with van der Waals surface area (Å²) in [5.74, 6) is 0.410. The van der Waals surface area contributed by atoms with E-state index in [2.05, 4.69) is 27.9 Å². The number of nitrogens with one attached hydrogen (secondary N) is 1. The monoisotopic (exact) mass is 401 g/mol. The van der Waals surface area contributed by atoms with Crippen LogP contribution in [0.5, 0.6) is 5.75 Å². The maximum absolute atomic E-state index is 12.2. The third kappa shape index (κ3) is 3.43. The summed E-state index contributed by atoms with van der Waals surface area (Å²) >= 11 is 8.15. The van der Waals surface area contributed by atoms with Crippen molar-refractivity contribution >= 4 is 45.8 Å². The number of hydrogen-bond donors (Lipinski definition) is 1. The van der Waals surface area contributed by atoms with Crippen LogP contribution < -0.4 is 10.1 Å². The number of aryl methyl sites for hydroxylation is 1. The fraction of sp³-hybridized carbons (Fsp3) is 0.133. The minimum Gasteiger partial charge on any atom is -0.495 e. The Bertz CT molecular complexity index is 658. The van der Waals surface area contributed by atoms with Crippen molar-refractivity contribution in [3.63, 3.8) is 0 Å². The van der Waals surface area contributed by atoms with Gasteiger partial charge in [-0.15, -0.1) is 0 Å². The molecule has 0 saturated carbocycles. The molecule has 20 heavy (non-hydrogen) atoms. The van der Waals surface area contributed by atoms with Gasteiger partial charge in [0, 0.05) is 9.13 Å². The maximum Gasteiger partial charge on any atom is 0.255 e. The fourth-order valence-electron chi connectivity index (χ4n) is 1.75. The van der Waals surface area contributed by atoms with Crippen molar-refractivity contribution in [2.24, 2.45) is 0 Å². The Labute approximate surface area is 136 Å². The van der Waals surface area contributed by atoms with E-state index >= 15 is 0 Å². The van der Waals surface area contributed by atoms with Gasteiger partial charge in [0.25, 0.3) is 5.91 Å². The highest BCUT2D eigenvalue weighted by Gasteiger charge is 2.11. The molecule has 0 bridgehead atoms. The lowest BCUT2D eigenvalue weighted by Gasteiger charge is -2.11. The molecule has 2 rings (SSSR count). The Morgan fingerprint density at radius 1 is 1.25 bits per heavy atom. The summed E-state index contributed by atoms with van der Waals surface area (Å²) < 4.78 is 6.15. The lowest BCUT2D eigenvalue weighted by molar-refractivity contribution is 0.102. The van der Waals surface area contributed by atoms with Crippen LogP contribution in [0.15, 0.2) is 36.4 Å². The quantitative estimate of drug-likeness (QED) is 0.768. The van der Waals surface area contributed by atoms with Gasteiger partial charge in [0.15, 0.2) is 0 Å². The predicted octanol–water partition coefficient (Wildman–Crippen LogP) is 4.51. The molecule has 0 aliphatic rings. The Hall–Kier alpha value is -1.27. The highest BCUT2D eigenvalue weighted by molar-refractivity contribution is 14.1. The zero-order valence-corrected chi connectivity index (χ0v) is 13.9. The molecule has 1 N–H and O–H groups in total. The second-order valence-electron chi connectivity index (χ2n) is 4.29. The molecule has 0 aliphatic heterocycles. The van der Waals surface area contributed by atoms with Gasteiger partial charge in [-0.3, -0.25) is 4.79 Å². The van der Waals surface area contributed by atoms with Crippen molar-refractivity contribution in [2.75, 3.05) is 12.4 Å². The first-order valence-electron chi connectivity index (χ1n) is 5.92. The topological polar surface area (TPSA) is 38.3 Å². The zero-order valence-electron chi connectivity index (χ0n) is 11.0. The molecule has 0 atom stereocenters. The number of ether oxygens (including phenoxy) is 1. The van der Waals surface area contributed by atoms with Crippen LogP contribution in [-0.2, 0) is 0 Å². The van der Waals surface area contributed by atoms with Crippen molar-refractivity contribution < 1.29 is 9.53 Å². The van der Waals surface area contributed by atoms with Crippen molar-refractivity contribution in [3.8, 4) is 5.75 Å². The summed E-state index contributed by atoms with van der Waals surface area (Å²) in [4.78, 5) is 12.2. The number of halogens is 2. The molecule has 0 saturated heterocycles. The molecule has 0 fully saturated rings. The second kappa shape index (κ2) is 6.45. The standard InChI is InChI=1S/C15H13ClINO2/c1-9-3-6-14(20-2)13(7-9)18-15(19)10-4-5-12(17)11(16)8-10/h3-8H,1-2H3,(H,18,19). The first-order valence-corrected chi connectivity index (χ1v) is 7.38. The predicted molar refractivity (Wildman–Crippen MR) is 89.9 cm³/mol. The van der Waals surface area contributed by atoms with Crippen LogP contribution in [0.4, 0.5) is 5.69 Å². The molecule has 0 spiro atoms. The van der Waals surface area contributed by atoms with E-state index in [0.29, 0.717) is 22.0 Å². The van der Waals surface area contributed by atoms with Crippen molar-refractivity contribution in [1.29, 1.82) is 0 Å². The Kier molecular flexibility index (Phi) is 4.88. The van der Waals surface area contributed by atoms with E-state index in [1.807, 2.05) is 31.2 Å². The lowest BCUT2D eigenvalue weighted by atomic mass is 10.1. The van der Waals surface area contributed by atoms with Gasteiger partial charge in [0.2, 0.25) is 0 Å². The molecule has 0 heterocycles. The minimum absolute atomic E-state index is 0.216. The van der Waals surface area contributed by atoms with E-state index in [9.17, 15) is 4.79 Å². The molecule has 0 aliphatic carbocycles. The van der Waals surface area contributed by atoms with E-state index in [-0.39, 0.29) is 5.91 Å². The number of anilines is 1. The molecule has 2 aromatic carbocycles. The van der Waals surface area contributed by atoms with E-state index in [0.717, 1.165) is 9.13 Å².